The Bertz CT molecular complexity index is 991. The zero-order chi connectivity index (χ0) is 19.5. The molecule has 1 amide bonds. The fourth-order valence-electron chi connectivity index (χ4n) is 2.94. The third-order valence-corrected chi connectivity index (χ3v) is 4.94. The molecule has 1 N–H and O–H groups in total. The highest BCUT2D eigenvalue weighted by Gasteiger charge is 2.23. The summed E-state index contributed by atoms with van der Waals surface area (Å²) < 4.78 is 26.5. The van der Waals surface area contributed by atoms with Crippen LogP contribution < -0.4 is 14.8 Å². The van der Waals surface area contributed by atoms with E-state index in [-0.39, 0.29) is 24.4 Å². The van der Waals surface area contributed by atoms with Crippen molar-refractivity contribution in [2.75, 3.05) is 19.4 Å². The molecule has 0 spiro atoms. The number of benzene rings is 2. The number of amides is 1. The van der Waals surface area contributed by atoms with E-state index in [9.17, 15) is 9.18 Å². The smallest absolute Gasteiger partial charge is 0.270 e. The molecule has 0 saturated heterocycles. The van der Waals surface area contributed by atoms with Crippen molar-refractivity contribution in [2.45, 2.75) is 11.3 Å². The van der Waals surface area contributed by atoms with Gasteiger partial charge in [-0.3, -0.25) is 9.36 Å². The van der Waals surface area contributed by atoms with Gasteiger partial charge in [0, 0.05) is 5.69 Å². The molecule has 0 fully saturated rings. The Balaban J connectivity index is 1.48. The summed E-state index contributed by atoms with van der Waals surface area (Å²) in [4.78, 5) is 17.1. The zero-order valence-corrected chi connectivity index (χ0v) is 15.9. The first-order valence-corrected chi connectivity index (χ1v) is 9.92. The summed E-state index contributed by atoms with van der Waals surface area (Å²) in [6.07, 6.45) is 3.09. The van der Waals surface area contributed by atoms with Gasteiger partial charge in [-0.25, -0.2) is 9.37 Å². The number of rotatable bonds is 5. The predicted molar refractivity (Wildman–Crippen MR) is 104 cm³/mol. The molecule has 1 aliphatic rings. The third-order valence-electron chi connectivity index (χ3n) is 4.29. The number of halogens is 1. The number of imidazole rings is 1. The largest absolute Gasteiger partial charge is 0.486 e. The summed E-state index contributed by atoms with van der Waals surface area (Å²) in [5, 5.41) is 3.51. The standard InChI is InChI=1S/C20H18FN3O3S/c1-28-20-23-11-16(24(20)14-8-6-13(21)7-9-14)19(25)22-10-15-12-26-17-4-2-3-5-18(17)27-15/h2-9,11,15H,10,12H2,1H3,(H,22,25). The third kappa shape index (κ3) is 3.68. The Labute approximate surface area is 165 Å². The second-order valence-corrected chi connectivity index (χ2v) is 6.92. The molecule has 0 saturated carbocycles. The number of hydrogen-bond donors (Lipinski definition) is 1. The minimum absolute atomic E-state index is 0.288. The van der Waals surface area contributed by atoms with E-state index in [1.807, 2.05) is 30.5 Å². The topological polar surface area (TPSA) is 65.4 Å². The number of aromatic nitrogens is 2. The molecule has 0 radical (unpaired) electrons. The number of ether oxygens (including phenoxy) is 2. The van der Waals surface area contributed by atoms with Crippen LogP contribution in [0.4, 0.5) is 4.39 Å². The van der Waals surface area contributed by atoms with Crippen molar-refractivity contribution in [3.8, 4) is 17.2 Å². The Morgan fingerprint density at radius 1 is 1.25 bits per heavy atom. The molecule has 1 unspecified atom stereocenters. The molecule has 4 rings (SSSR count). The van der Waals surface area contributed by atoms with Crippen LogP contribution in [0.25, 0.3) is 5.69 Å². The minimum Gasteiger partial charge on any atom is -0.486 e. The lowest BCUT2D eigenvalue weighted by Gasteiger charge is -2.26. The molecule has 1 atom stereocenters. The molecule has 1 aromatic heterocycles. The first kappa shape index (κ1) is 18.4. The van der Waals surface area contributed by atoms with Crippen LogP contribution in [0, 0.1) is 5.82 Å². The van der Waals surface area contributed by atoms with Crippen molar-refractivity contribution in [3.63, 3.8) is 0 Å². The van der Waals surface area contributed by atoms with Crippen LogP contribution >= 0.6 is 11.8 Å². The van der Waals surface area contributed by atoms with Crippen LogP contribution in [0.1, 0.15) is 10.5 Å². The Morgan fingerprint density at radius 2 is 2.00 bits per heavy atom. The lowest BCUT2D eigenvalue weighted by atomic mass is 10.2. The van der Waals surface area contributed by atoms with Gasteiger partial charge in [-0.15, -0.1) is 0 Å². The van der Waals surface area contributed by atoms with E-state index in [0.29, 0.717) is 34.6 Å². The maximum Gasteiger partial charge on any atom is 0.270 e. The van der Waals surface area contributed by atoms with E-state index >= 15 is 0 Å². The number of fused-ring (bicyclic) bond motifs is 1. The molecule has 8 heteroatoms. The summed E-state index contributed by atoms with van der Waals surface area (Å²) in [6, 6.07) is 13.4. The molecule has 28 heavy (non-hydrogen) atoms. The van der Waals surface area contributed by atoms with Crippen molar-refractivity contribution in [1.82, 2.24) is 14.9 Å². The van der Waals surface area contributed by atoms with Gasteiger partial charge in [0.25, 0.3) is 5.91 Å². The van der Waals surface area contributed by atoms with Crippen LogP contribution in [0.15, 0.2) is 59.9 Å². The number of carbonyl (C=O) groups is 1. The van der Waals surface area contributed by atoms with Gasteiger partial charge in [-0.2, -0.15) is 0 Å². The first-order valence-electron chi connectivity index (χ1n) is 8.70. The molecule has 1 aliphatic heterocycles. The maximum absolute atomic E-state index is 13.3. The van der Waals surface area contributed by atoms with E-state index in [0.717, 1.165) is 0 Å². The summed E-state index contributed by atoms with van der Waals surface area (Å²) in [5.41, 5.74) is 1.03. The summed E-state index contributed by atoms with van der Waals surface area (Å²) in [6.45, 7) is 0.640. The summed E-state index contributed by atoms with van der Waals surface area (Å²) in [5.74, 6) is 0.730. The quantitative estimate of drug-likeness (QED) is 0.667. The monoisotopic (exact) mass is 399 g/mol. The normalized spacial score (nSPS) is 15.3. The Morgan fingerprint density at radius 3 is 2.75 bits per heavy atom. The van der Waals surface area contributed by atoms with Gasteiger partial charge < -0.3 is 14.8 Å². The molecule has 144 valence electrons. The average Bonchev–Trinajstić information content (AvgIpc) is 3.16. The molecule has 3 aromatic rings. The van der Waals surface area contributed by atoms with Gasteiger partial charge in [0.05, 0.1) is 12.7 Å². The lowest BCUT2D eigenvalue weighted by Crippen LogP contribution is -2.41. The molecule has 0 aliphatic carbocycles. The van der Waals surface area contributed by atoms with Crippen molar-refractivity contribution in [3.05, 3.63) is 66.2 Å². The maximum atomic E-state index is 13.3. The molecule has 2 heterocycles. The van der Waals surface area contributed by atoms with E-state index in [2.05, 4.69) is 10.3 Å². The number of thioether (sulfide) groups is 1. The van der Waals surface area contributed by atoms with Crippen LogP contribution in [-0.2, 0) is 0 Å². The molecular formula is C20H18FN3O3S. The fraction of sp³-hybridized carbons (Fsp3) is 0.200. The fourth-order valence-corrected chi connectivity index (χ4v) is 3.48. The van der Waals surface area contributed by atoms with Crippen molar-refractivity contribution < 1.29 is 18.7 Å². The predicted octanol–water partition coefficient (Wildman–Crippen LogP) is 3.30. The van der Waals surface area contributed by atoms with E-state index in [1.54, 1.807) is 16.7 Å². The first-order chi connectivity index (χ1) is 13.7. The van der Waals surface area contributed by atoms with E-state index in [4.69, 9.17) is 9.47 Å². The van der Waals surface area contributed by atoms with Crippen LogP contribution in [0.3, 0.4) is 0 Å². The lowest BCUT2D eigenvalue weighted by molar-refractivity contribution is 0.0785. The zero-order valence-electron chi connectivity index (χ0n) is 15.1. The van der Waals surface area contributed by atoms with E-state index < -0.39 is 0 Å². The highest BCUT2D eigenvalue weighted by Crippen LogP contribution is 2.30. The number of hydrogen-bond acceptors (Lipinski definition) is 5. The molecular weight excluding hydrogens is 381 g/mol. The van der Waals surface area contributed by atoms with Gasteiger partial charge in [-0.05, 0) is 42.7 Å². The highest BCUT2D eigenvalue weighted by atomic mass is 32.2. The average molecular weight is 399 g/mol. The Kier molecular flexibility index (Phi) is 5.21. The number of nitrogens with one attached hydrogen (secondary N) is 1. The molecule has 2 aromatic carbocycles. The van der Waals surface area contributed by atoms with Gasteiger partial charge in [0.15, 0.2) is 16.7 Å². The second kappa shape index (κ2) is 7.93. The van der Waals surface area contributed by atoms with Crippen LogP contribution in [-0.4, -0.2) is 41.0 Å². The molecule has 6 nitrogen and oxygen atoms in total. The number of para-hydroxylation sites is 2. The van der Waals surface area contributed by atoms with Gasteiger partial charge in [0.2, 0.25) is 0 Å². The Hall–Kier alpha value is -3.00. The van der Waals surface area contributed by atoms with Crippen molar-refractivity contribution in [2.24, 2.45) is 0 Å². The summed E-state index contributed by atoms with van der Waals surface area (Å²) >= 11 is 1.40. The molecule has 0 bridgehead atoms. The highest BCUT2D eigenvalue weighted by molar-refractivity contribution is 7.98. The van der Waals surface area contributed by atoms with Crippen LogP contribution in [0.2, 0.25) is 0 Å². The summed E-state index contributed by atoms with van der Waals surface area (Å²) in [7, 11) is 0. The number of nitrogens with zero attached hydrogens (tertiary/aromatic N) is 2. The van der Waals surface area contributed by atoms with Gasteiger partial charge in [-0.1, -0.05) is 23.9 Å². The minimum atomic E-state index is -0.338. The van der Waals surface area contributed by atoms with Crippen LogP contribution in [0.5, 0.6) is 11.5 Å². The van der Waals surface area contributed by atoms with Gasteiger partial charge >= 0.3 is 0 Å². The van der Waals surface area contributed by atoms with E-state index in [1.165, 1.54) is 30.1 Å². The van der Waals surface area contributed by atoms with Gasteiger partial charge in [0.1, 0.15) is 24.2 Å². The SMILES string of the molecule is CSc1ncc(C(=O)NCC2COc3ccccc3O2)n1-c1ccc(F)cc1. The second-order valence-electron chi connectivity index (χ2n) is 6.15. The van der Waals surface area contributed by atoms with Crippen molar-refractivity contribution in [1.29, 1.82) is 0 Å². The van der Waals surface area contributed by atoms with Crippen molar-refractivity contribution >= 4 is 17.7 Å². The number of carbonyl (C=O) groups excluding carboxylic acids is 1.